The average molecular weight is 316 g/mol. The van der Waals surface area contributed by atoms with E-state index >= 15 is 0 Å². The largest absolute Gasteiger partial charge is 0.490 e. The zero-order valence-corrected chi connectivity index (χ0v) is 13.0. The van der Waals surface area contributed by atoms with Crippen LogP contribution in [-0.4, -0.2) is 43.1 Å². The lowest BCUT2D eigenvalue weighted by Crippen LogP contribution is -2.36. The van der Waals surface area contributed by atoms with Gasteiger partial charge in [-0.3, -0.25) is 9.59 Å². The van der Waals surface area contributed by atoms with Crippen molar-refractivity contribution >= 4 is 11.9 Å². The second-order valence-corrected chi connectivity index (χ2v) is 5.33. The smallest absolute Gasteiger partial charge is 0.325 e. The minimum atomic E-state index is -0.413. The maximum absolute atomic E-state index is 11.8. The number of rotatable bonds is 6. The summed E-state index contributed by atoms with van der Waals surface area (Å²) in [4.78, 5) is 25.1. The number of amides is 1. The van der Waals surface area contributed by atoms with Crippen LogP contribution in [0.5, 0.6) is 5.75 Å². The molecule has 0 spiro atoms. The molecule has 0 N–H and O–H groups in total. The SMILES string of the molecule is N#Cc1ccc(OCCOC(=O)CN2CCCCCC2=O)cc1. The molecule has 23 heavy (non-hydrogen) atoms. The van der Waals surface area contributed by atoms with Crippen LogP contribution in [0.2, 0.25) is 0 Å². The maximum Gasteiger partial charge on any atom is 0.325 e. The quantitative estimate of drug-likeness (QED) is 0.591. The molecule has 2 rings (SSSR count). The van der Waals surface area contributed by atoms with Crippen LogP contribution in [0, 0.1) is 11.3 Å². The molecular formula is C17H20N2O4. The summed E-state index contributed by atoms with van der Waals surface area (Å²) in [5.41, 5.74) is 0.561. The van der Waals surface area contributed by atoms with Gasteiger partial charge in [0, 0.05) is 13.0 Å². The van der Waals surface area contributed by atoms with Crippen LogP contribution in [0.1, 0.15) is 31.2 Å². The van der Waals surface area contributed by atoms with Crippen molar-refractivity contribution < 1.29 is 19.1 Å². The van der Waals surface area contributed by atoms with E-state index in [-0.39, 0.29) is 25.7 Å². The van der Waals surface area contributed by atoms with Crippen LogP contribution in [-0.2, 0) is 14.3 Å². The van der Waals surface area contributed by atoms with E-state index in [2.05, 4.69) is 0 Å². The molecule has 6 heteroatoms. The van der Waals surface area contributed by atoms with E-state index in [4.69, 9.17) is 14.7 Å². The molecule has 1 fully saturated rings. The number of carbonyl (C=O) groups excluding carboxylic acids is 2. The highest BCUT2D eigenvalue weighted by Crippen LogP contribution is 2.12. The van der Waals surface area contributed by atoms with Crippen molar-refractivity contribution in [3.63, 3.8) is 0 Å². The Morgan fingerprint density at radius 3 is 2.70 bits per heavy atom. The molecule has 0 atom stereocenters. The summed E-state index contributed by atoms with van der Waals surface area (Å²) in [6.07, 6.45) is 3.36. The zero-order valence-electron chi connectivity index (χ0n) is 13.0. The Hall–Kier alpha value is -2.55. The summed E-state index contributed by atoms with van der Waals surface area (Å²) < 4.78 is 10.5. The van der Waals surface area contributed by atoms with Gasteiger partial charge in [0.05, 0.1) is 11.6 Å². The van der Waals surface area contributed by atoms with Gasteiger partial charge in [-0.2, -0.15) is 5.26 Å². The topological polar surface area (TPSA) is 79.6 Å². The van der Waals surface area contributed by atoms with Gasteiger partial charge in [-0.15, -0.1) is 0 Å². The van der Waals surface area contributed by atoms with E-state index in [1.54, 1.807) is 29.2 Å². The number of carbonyl (C=O) groups is 2. The van der Waals surface area contributed by atoms with Crippen LogP contribution >= 0.6 is 0 Å². The molecular weight excluding hydrogens is 296 g/mol. The Morgan fingerprint density at radius 1 is 1.17 bits per heavy atom. The van der Waals surface area contributed by atoms with E-state index in [9.17, 15) is 9.59 Å². The third kappa shape index (κ3) is 5.62. The van der Waals surface area contributed by atoms with E-state index in [0.717, 1.165) is 19.3 Å². The summed E-state index contributed by atoms with van der Waals surface area (Å²) in [7, 11) is 0. The molecule has 0 aromatic heterocycles. The molecule has 1 saturated heterocycles. The molecule has 0 radical (unpaired) electrons. The van der Waals surface area contributed by atoms with Crippen molar-refractivity contribution in [1.82, 2.24) is 4.90 Å². The van der Waals surface area contributed by atoms with E-state index < -0.39 is 5.97 Å². The molecule has 1 heterocycles. The number of nitrogens with zero attached hydrogens (tertiary/aromatic N) is 2. The van der Waals surface area contributed by atoms with Gasteiger partial charge in [0.1, 0.15) is 25.5 Å². The molecule has 1 amide bonds. The molecule has 0 unspecified atom stereocenters. The van der Waals surface area contributed by atoms with Gasteiger partial charge in [0.15, 0.2) is 0 Å². The first-order valence-corrected chi connectivity index (χ1v) is 7.75. The van der Waals surface area contributed by atoms with Crippen LogP contribution in [0.25, 0.3) is 0 Å². The Morgan fingerprint density at radius 2 is 1.96 bits per heavy atom. The van der Waals surface area contributed by atoms with E-state index in [1.807, 2.05) is 6.07 Å². The van der Waals surface area contributed by atoms with Crippen molar-refractivity contribution in [1.29, 1.82) is 5.26 Å². The normalized spacial score (nSPS) is 14.7. The minimum Gasteiger partial charge on any atom is -0.490 e. The molecule has 1 aliphatic heterocycles. The fraction of sp³-hybridized carbons (Fsp3) is 0.471. The number of likely N-dealkylation sites (tertiary alicyclic amines) is 1. The van der Waals surface area contributed by atoms with Gasteiger partial charge >= 0.3 is 5.97 Å². The summed E-state index contributed by atoms with van der Waals surface area (Å²) in [5, 5.41) is 8.70. The van der Waals surface area contributed by atoms with E-state index in [0.29, 0.717) is 24.3 Å². The summed E-state index contributed by atoms with van der Waals surface area (Å²) in [6.45, 7) is 0.984. The fourth-order valence-electron chi connectivity index (χ4n) is 2.35. The van der Waals surface area contributed by atoms with Crippen molar-refractivity contribution in [3.8, 4) is 11.8 Å². The molecule has 0 saturated carbocycles. The molecule has 1 aromatic carbocycles. The monoisotopic (exact) mass is 316 g/mol. The number of esters is 1. The summed E-state index contributed by atoms with van der Waals surface area (Å²) in [6, 6.07) is 8.73. The van der Waals surface area contributed by atoms with Crippen LogP contribution in [0.3, 0.4) is 0 Å². The summed E-state index contributed by atoms with van der Waals surface area (Å²) in [5.74, 6) is 0.222. The average Bonchev–Trinajstić information content (AvgIpc) is 2.77. The highest BCUT2D eigenvalue weighted by Gasteiger charge is 2.19. The van der Waals surface area contributed by atoms with Crippen LogP contribution in [0.4, 0.5) is 0 Å². The highest BCUT2D eigenvalue weighted by molar-refractivity contribution is 5.82. The van der Waals surface area contributed by atoms with Crippen molar-refractivity contribution in [2.45, 2.75) is 25.7 Å². The molecule has 6 nitrogen and oxygen atoms in total. The number of ether oxygens (including phenoxy) is 2. The second-order valence-electron chi connectivity index (χ2n) is 5.33. The van der Waals surface area contributed by atoms with E-state index in [1.165, 1.54) is 0 Å². The third-order valence-electron chi connectivity index (χ3n) is 3.59. The highest BCUT2D eigenvalue weighted by atomic mass is 16.6. The second kappa shape index (κ2) is 8.79. The molecule has 0 bridgehead atoms. The first-order valence-electron chi connectivity index (χ1n) is 7.75. The maximum atomic E-state index is 11.8. The van der Waals surface area contributed by atoms with Gasteiger partial charge in [-0.1, -0.05) is 6.42 Å². The molecule has 0 aliphatic carbocycles. The predicted molar refractivity (Wildman–Crippen MR) is 82.7 cm³/mol. The van der Waals surface area contributed by atoms with Gasteiger partial charge in [-0.05, 0) is 37.1 Å². The lowest BCUT2D eigenvalue weighted by Gasteiger charge is -2.19. The lowest BCUT2D eigenvalue weighted by atomic mass is 10.2. The Balaban J connectivity index is 1.66. The van der Waals surface area contributed by atoms with Gasteiger partial charge in [-0.25, -0.2) is 0 Å². The molecule has 122 valence electrons. The molecule has 1 aliphatic rings. The van der Waals surface area contributed by atoms with Crippen molar-refractivity contribution in [3.05, 3.63) is 29.8 Å². The van der Waals surface area contributed by atoms with Crippen molar-refractivity contribution in [2.24, 2.45) is 0 Å². The fourth-order valence-corrected chi connectivity index (χ4v) is 2.35. The van der Waals surface area contributed by atoms with Gasteiger partial charge in [0.2, 0.25) is 5.91 Å². The molecule has 1 aromatic rings. The first kappa shape index (κ1) is 16.8. The number of nitriles is 1. The Kier molecular flexibility index (Phi) is 6.42. The third-order valence-corrected chi connectivity index (χ3v) is 3.59. The summed E-state index contributed by atoms with van der Waals surface area (Å²) >= 11 is 0. The van der Waals surface area contributed by atoms with Gasteiger partial charge < -0.3 is 14.4 Å². The van der Waals surface area contributed by atoms with Crippen molar-refractivity contribution in [2.75, 3.05) is 26.3 Å². The van der Waals surface area contributed by atoms with Crippen LogP contribution < -0.4 is 4.74 Å². The zero-order chi connectivity index (χ0) is 16.5. The van der Waals surface area contributed by atoms with Crippen LogP contribution in [0.15, 0.2) is 24.3 Å². The number of hydrogen-bond donors (Lipinski definition) is 0. The Bertz CT molecular complexity index is 577. The van der Waals surface area contributed by atoms with Gasteiger partial charge in [0.25, 0.3) is 0 Å². The first-order chi connectivity index (χ1) is 11.2. The minimum absolute atomic E-state index is 0.00962. The number of hydrogen-bond acceptors (Lipinski definition) is 5. The lowest BCUT2D eigenvalue weighted by molar-refractivity contribution is -0.149. The number of benzene rings is 1. The predicted octanol–water partition coefficient (Wildman–Crippen LogP) is 1.88. The standard InChI is InChI=1S/C17H20N2O4/c18-12-14-5-7-15(8-6-14)22-10-11-23-17(21)13-19-9-3-1-2-4-16(19)20/h5-8H,1-4,9-11,13H2. The Labute approximate surface area is 135 Å².